The highest BCUT2D eigenvalue weighted by molar-refractivity contribution is 7.90. The molecule has 39 heavy (non-hydrogen) atoms. The van der Waals surface area contributed by atoms with Crippen LogP contribution in [0.2, 0.25) is 0 Å². The molecule has 2 aliphatic rings. The fourth-order valence-corrected chi connectivity index (χ4v) is 6.90. The van der Waals surface area contributed by atoms with Gasteiger partial charge in [-0.05, 0) is 68.7 Å². The smallest absolute Gasteiger partial charge is 0.281 e. The van der Waals surface area contributed by atoms with Crippen LogP contribution in [0.1, 0.15) is 102 Å². The van der Waals surface area contributed by atoms with Crippen LogP contribution in [0.15, 0.2) is 35.4 Å². The topological polar surface area (TPSA) is 118 Å². The van der Waals surface area contributed by atoms with Crippen LogP contribution in [0.5, 0.6) is 0 Å². The minimum Gasteiger partial charge on any atom is -0.384 e. The first-order valence-corrected chi connectivity index (χ1v) is 15.5. The van der Waals surface area contributed by atoms with Crippen molar-refractivity contribution >= 4 is 33.6 Å². The summed E-state index contributed by atoms with van der Waals surface area (Å²) in [6, 6.07) is 6.13. The van der Waals surface area contributed by atoms with Crippen LogP contribution in [0.4, 0.5) is 11.6 Å². The maximum absolute atomic E-state index is 13.8. The Bertz CT molecular complexity index is 1360. The molecular weight excluding hydrogens is 510 g/mol. The van der Waals surface area contributed by atoms with Gasteiger partial charge in [0.1, 0.15) is 11.6 Å². The summed E-state index contributed by atoms with van der Waals surface area (Å²) in [6.45, 7) is 13.5. The normalized spacial score (nSPS) is 20.5. The Morgan fingerprint density at radius 1 is 1.15 bits per heavy atom. The van der Waals surface area contributed by atoms with Crippen LogP contribution in [-0.2, 0) is 15.4 Å². The average Bonchev–Trinajstić information content (AvgIpc) is 3.13. The van der Waals surface area contributed by atoms with Gasteiger partial charge in [0.25, 0.3) is 15.9 Å². The number of allylic oxidation sites excluding steroid dienone is 1. The second-order valence-corrected chi connectivity index (χ2v) is 14.5. The molecule has 0 bridgehead atoms. The molecule has 4 rings (SSSR count). The van der Waals surface area contributed by atoms with Crippen LogP contribution < -0.4 is 15.4 Å². The summed E-state index contributed by atoms with van der Waals surface area (Å²) in [5.41, 5.74) is 7.13. The second-order valence-electron chi connectivity index (χ2n) is 12.9. The van der Waals surface area contributed by atoms with E-state index in [9.17, 15) is 13.2 Å². The number of pyridine rings is 2. The maximum atomic E-state index is 13.8. The largest absolute Gasteiger partial charge is 0.384 e. The number of amides is 1. The molecule has 0 spiro atoms. The van der Waals surface area contributed by atoms with Gasteiger partial charge in [-0.1, -0.05) is 65.2 Å². The lowest BCUT2D eigenvalue weighted by Crippen LogP contribution is -2.41. The van der Waals surface area contributed by atoms with Gasteiger partial charge in [-0.25, -0.2) is 14.7 Å². The van der Waals surface area contributed by atoms with Crippen molar-refractivity contribution in [2.75, 3.05) is 17.2 Å². The van der Waals surface area contributed by atoms with Gasteiger partial charge in [-0.15, -0.1) is 0 Å². The zero-order valence-electron chi connectivity index (χ0n) is 24.1. The summed E-state index contributed by atoms with van der Waals surface area (Å²) in [5, 5.41) is -0.302. The summed E-state index contributed by atoms with van der Waals surface area (Å²) in [4.78, 5) is 25.0. The number of rotatable bonds is 6. The van der Waals surface area contributed by atoms with Gasteiger partial charge in [0, 0.05) is 17.5 Å². The molecule has 1 aliphatic carbocycles. The van der Waals surface area contributed by atoms with Crippen molar-refractivity contribution in [1.82, 2.24) is 14.7 Å². The molecule has 1 aliphatic heterocycles. The van der Waals surface area contributed by atoms with Crippen LogP contribution in [-0.4, -0.2) is 36.4 Å². The molecule has 212 valence electrons. The van der Waals surface area contributed by atoms with Crippen molar-refractivity contribution in [3.8, 4) is 0 Å². The third-order valence-corrected chi connectivity index (χ3v) is 8.99. The number of nitrogens with one attached hydrogen (secondary N) is 1. The van der Waals surface area contributed by atoms with Crippen molar-refractivity contribution in [2.24, 2.45) is 11.8 Å². The molecule has 0 unspecified atom stereocenters. The number of nitrogen functional groups attached to an aromatic ring is 1. The molecule has 1 amide bonds. The second kappa shape index (κ2) is 10.9. The van der Waals surface area contributed by atoms with E-state index in [0.29, 0.717) is 17.7 Å². The molecule has 2 aromatic heterocycles. The first-order chi connectivity index (χ1) is 18.2. The molecule has 1 saturated heterocycles. The number of carbonyl (C=O) groups is 1. The molecule has 3 heterocycles. The Kier molecular flexibility index (Phi) is 8.13. The van der Waals surface area contributed by atoms with E-state index in [-0.39, 0.29) is 27.4 Å². The quantitative estimate of drug-likeness (QED) is 0.471. The van der Waals surface area contributed by atoms with Crippen LogP contribution in [0.3, 0.4) is 0 Å². The fourth-order valence-electron chi connectivity index (χ4n) is 5.96. The van der Waals surface area contributed by atoms with Gasteiger partial charge in [-0.2, -0.15) is 8.42 Å². The van der Waals surface area contributed by atoms with E-state index in [1.807, 2.05) is 6.07 Å². The molecule has 2 aromatic rings. The predicted molar refractivity (Wildman–Crippen MR) is 157 cm³/mol. The summed E-state index contributed by atoms with van der Waals surface area (Å²) in [5.74, 6) is 0.742. The summed E-state index contributed by atoms with van der Waals surface area (Å²) >= 11 is 0. The number of sulfonamides is 1. The third kappa shape index (κ3) is 6.62. The molecule has 2 fully saturated rings. The number of carbonyl (C=O) groups excluding carboxylic acids is 1. The van der Waals surface area contributed by atoms with Gasteiger partial charge in [0.15, 0.2) is 5.03 Å². The summed E-state index contributed by atoms with van der Waals surface area (Å²) in [6.07, 6.45) is 11.3. The van der Waals surface area contributed by atoms with E-state index in [4.69, 9.17) is 10.7 Å². The first-order valence-electron chi connectivity index (χ1n) is 14.0. The van der Waals surface area contributed by atoms with Crippen LogP contribution in [0, 0.1) is 11.8 Å². The monoisotopic (exact) mass is 553 g/mol. The Morgan fingerprint density at radius 2 is 1.85 bits per heavy atom. The Morgan fingerprint density at radius 3 is 2.44 bits per heavy atom. The Labute approximate surface area is 233 Å². The maximum Gasteiger partial charge on any atom is 0.281 e. The van der Waals surface area contributed by atoms with E-state index in [2.05, 4.69) is 68.3 Å². The lowest BCUT2D eigenvalue weighted by molar-refractivity contribution is 0.0981. The molecule has 8 nitrogen and oxygen atoms in total. The number of aromatic nitrogens is 2. The molecule has 1 saturated carbocycles. The molecule has 0 radical (unpaired) electrons. The summed E-state index contributed by atoms with van der Waals surface area (Å²) < 4.78 is 28.5. The molecule has 0 aromatic carbocycles. The van der Waals surface area contributed by atoms with E-state index in [0.717, 1.165) is 37.1 Å². The molecule has 3 N–H and O–H groups in total. The number of hydrogen-bond acceptors (Lipinski definition) is 7. The Hall–Kier alpha value is -2.94. The van der Waals surface area contributed by atoms with Crippen molar-refractivity contribution < 1.29 is 13.2 Å². The van der Waals surface area contributed by atoms with Gasteiger partial charge in [-0.3, -0.25) is 4.79 Å². The summed E-state index contributed by atoms with van der Waals surface area (Å²) in [7, 11) is -4.25. The van der Waals surface area contributed by atoms with Crippen molar-refractivity contribution in [2.45, 2.75) is 96.0 Å². The lowest BCUT2D eigenvalue weighted by atomic mass is 9.85. The zero-order valence-corrected chi connectivity index (χ0v) is 24.9. The Balaban J connectivity index is 1.83. The standard InChI is InChI=1S/C30H43N5O3S/c1-20-18-30(5,6)35(19-20)27-23(28(36)34-39(37,38)25-14-10-13-24(31)32-25)17-22(26(33-27)29(2,3)4)16-15-21-11-8-7-9-12-21/h10,13-17,20-21H,7-9,11-12,18-19H2,1-6H3,(H2,31,32)(H,34,36)/t20-/m0/s1. The van der Waals surface area contributed by atoms with E-state index < -0.39 is 15.9 Å². The highest BCUT2D eigenvalue weighted by Crippen LogP contribution is 2.40. The number of nitrogens with zero attached hydrogens (tertiary/aromatic N) is 3. The molecule has 9 heteroatoms. The minimum atomic E-state index is -4.25. The number of hydrogen-bond donors (Lipinski definition) is 2. The van der Waals surface area contributed by atoms with Crippen LogP contribution in [0.25, 0.3) is 6.08 Å². The zero-order chi connectivity index (χ0) is 28.6. The highest BCUT2D eigenvalue weighted by Gasteiger charge is 2.40. The third-order valence-electron chi connectivity index (χ3n) is 7.76. The fraction of sp³-hybridized carbons (Fsp3) is 0.567. The van der Waals surface area contributed by atoms with Crippen molar-refractivity contribution in [3.63, 3.8) is 0 Å². The van der Waals surface area contributed by atoms with Crippen molar-refractivity contribution in [3.05, 3.63) is 47.2 Å². The first kappa shape index (κ1) is 29.1. The van der Waals surface area contributed by atoms with Gasteiger partial charge < -0.3 is 10.6 Å². The van der Waals surface area contributed by atoms with Crippen molar-refractivity contribution in [1.29, 1.82) is 0 Å². The van der Waals surface area contributed by atoms with Gasteiger partial charge >= 0.3 is 0 Å². The SMILES string of the molecule is C[C@@H]1CN(c2nc(C(C)(C)C)c(C=CC3CCCCC3)cc2C(=O)NS(=O)(=O)c2cccc(N)n2)C(C)(C)C1. The van der Waals surface area contributed by atoms with Crippen LogP contribution >= 0.6 is 0 Å². The highest BCUT2D eigenvalue weighted by atomic mass is 32.2. The number of nitrogens with two attached hydrogens (primary N) is 1. The molecule has 1 atom stereocenters. The lowest BCUT2D eigenvalue weighted by Gasteiger charge is -2.35. The van der Waals surface area contributed by atoms with E-state index in [1.54, 1.807) is 0 Å². The molecular formula is C30H43N5O3S. The minimum absolute atomic E-state index is 0.0603. The average molecular weight is 554 g/mol. The predicted octanol–water partition coefficient (Wildman–Crippen LogP) is 5.69. The van der Waals surface area contributed by atoms with E-state index >= 15 is 0 Å². The van der Waals surface area contributed by atoms with E-state index in [1.165, 1.54) is 37.5 Å². The number of anilines is 2. The van der Waals surface area contributed by atoms with Gasteiger partial charge in [0.2, 0.25) is 0 Å². The van der Waals surface area contributed by atoms with Gasteiger partial charge in [0.05, 0.1) is 11.3 Å².